The summed E-state index contributed by atoms with van der Waals surface area (Å²) in [6.45, 7) is 0.591. The lowest BCUT2D eigenvalue weighted by Gasteiger charge is -2.19. The van der Waals surface area contributed by atoms with Gasteiger partial charge in [0.05, 0.1) is 5.69 Å². The highest BCUT2D eigenvalue weighted by atomic mass is 19.1. The molecule has 0 aliphatic rings. The van der Waals surface area contributed by atoms with Crippen LogP contribution in [0.3, 0.4) is 0 Å². The third-order valence-electron chi connectivity index (χ3n) is 2.53. The average Bonchev–Trinajstić information content (AvgIpc) is 2.29. The minimum Gasteiger partial charge on any atom is -0.384 e. The van der Waals surface area contributed by atoms with Gasteiger partial charge in [0.25, 0.3) is 0 Å². The van der Waals surface area contributed by atoms with E-state index in [-0.39, 0.29) is 5.82 Å². The normalized spacial score (nSPS) is 10.2. The maximum Gasteiger partial charge on any atom is 0.146 e. The Labute approximate surface area is 99.7 Å². The lowest BCUT2D eigenvalue weighted by Crippen LogP contribution is -2.17. The second-order valence-corrected chi connectivity index (χ2v) is 3.90. The van der Waals surface area contributed by atoms with Crippen LogP contribution in [0.5, 0.6) is 0 Å². The molecule has 3 nitrogen and oxygen atoms in total. The number of nitrogens with zero attached hydrogens (tertiary/aromatic N) is 2. The zero-order valence-corrected chi connectivity index (χ0v) is 9.60. The summed E-state index contributed by atoms with van der Waals surface area (Å²) in [7, 11) is 1.84. The molecule has 0 bridgehead atoms. The first-order valence-electron chi connectivity index (χ1n) is 5.33. The van der Waals surface area contributed by atoms with Crippen LogP contribution in [0.4, 0.5) is 15.9 Å². The van der Waals surface area contributed by atoms with Gasteiger partial charge in [-0.1, -0.05) is 12.1 Å². The van der Waals surface area contributed by atoms with Crippen molar-refractivity contribution in [3.05, 3.63) is 54.0 Å². The molecule has 0 amide bonds. The average molecular weight is 231 g/mol. The van der Waals surface area contributed by atoms with Crippen molar-refractivity contribution in [3.63, 3.8) is 0 Å². The van der Waals surface area contributed by atoms with Crippen LogP contribution in [0.15, 0.2) is 42.6 Å². The summed E-state index contributed by atoms with van der Waals surface area (Å²) in [5.41, 5.74) is 7.17. The minimum absolute atomic E-state index is 0.225. The van der Waals surface area contributed by atoms with E-state index in [4.69, 9.17) is 5.73 Å². The Morgan fingerprint density at radius 3 is 2.76 bits per heavy atom. The van der Waals surface area contributed by atoms with E-state index < -0.39 is 0 Å². The largest absolute Gasteiger partial charge is 0.384 e. The molecule has 0 radical (unpaired) electrons. The topological polar surface area (TPSA) is 42.2 Å². The number of pyridine rings is 1. The predicted octanol–water partition coefficient (Wildman–Crippen LogP) is 2.44. The number of hydrogen-bond acceptors (Lipinski definition) is 3. The minimum atomic E-state index is -0.225. The summed E-state index contributed by atoms with van der Waals surface area (Å²) < 4.78 is 13.5. The van der Waals surface area contributed by atoms with Gasteiger partial charge < -0.3 is 10.6 Å². The van der Waals surface area contributed by atoms with Gasteiger partial charge in [-0.3, -0.25) is 0 Å². The van der Waals surface area contributed by atoms with Crippen LogP contribution in [0, 0.1) is 5.82 Å². The van der Waals surface area contributed by atoms with E-state index in [1.165, 1.54) is 6.07 Å². The van der Waals surface area contributed by atoms with Gasteiger partial charge in [0, 0.05) is 19.8 Å². The number of nitrogen functional groups attached to an aromatic ring is 1. The molecule has 4 heteroatoms. The number of nitrogens with two attached hydrogens (primary N) is 1. The molecule has 0 aliphatic heterocycles. The van der Waals surface area contributed by atoms with Crippen LogP contribution >= 0.6 is 0 Å². The molecule has 0 spiro atoms. The molecule has 0 aliphatic carbocycles. The third kappa shape index (κ3) is 2.72. The first-order chi connectivity index (χ1) is 8.16. The standard InChI is InChI=1S/C13H14FN3/c1-17(12-5-3-2-4-11(12)14)9-10-6-7-16-13(15)8-10/h2-8H,9H2,1H3,(H2,15,16). The molecule has 2 aromatic rings. The van der Waals surface area contributed by atoms with Crippen LogP contribution < -0.4 is 10.6 Å². The van der Waals surface area contributed by atoms with Crippen LogP contribution in [-0.4, -0.2) is 12.0 Å². The zero-order valence-electron chi connectivity index (χ0n) is 9.60. The molecule has 1 aromatic heterocycles. The van der Waals surface area contributed by atoms with E-state index in [2.05, 4.69) is 4.98 Å². The number of benzene rings is 1. The van der Waals surface area contributed by atoms with E-state index in [9.17, 15) is 4.39 Å². The maximum atomic E-state index is 13.5. The molecular weight excluding hydrogens is 217 g/mol. The van der Waals surface area contributed by atoms with Gasteiger partial charge in [0.1, 0.15) is 11.6 Å². The maximum absolute atomic E-state index is 13.5. The Hall–Kier alpha value is -2.10. The van der Waals surface area contributed by atoms with Crippen LogP contribution in [0.25, 0.3) is 0 Å². The highest BCUT2D eigenvalue weighted by Crippen LogP contribution is 2.19. The molecule has 2 N–H and O–H groups in total. The quantitative estimate of drug-likeness (QED) is 0.882. The highest BCUT2D eigenvalue weighted by Gasteiger charge is 2.07. The Balaban J connectivity index is 2.17. The Morgan fingerprint density at radius 2 is 2.06 bits per heavy atom. The molecule has 0 saturated heterocycles. The zero-order chi connectivity index (χ0) is 12.3. The summed E-state index contributed by atoms with van der Waals surface area (Å²) in [5.74, 6) is 0.251. The van der Waals surface area contributed by atoms with Gasteiger partial charge in [-0.15, -0.1) is 0 Å². The van der Waals surface area contributed by atoms with Gasteiger partial charge in [-0.2, -0.15) is 0 Å². The van der Waals surface area contributed by atoms with Crippen molar-refractivity contribution >= 4 is 11.5 Å². The smallest absolute Gasteiger partial charge is 0.146 e. The van der Waals surface area contributed by atoms with E-state index in [0.717, 1.165) is 5.56 Å². The summed E-state index contributed by atoms with van der Waals surface area (Å²) in [6, 6.07) is 10.4. The molecule has 1 heterocycles. The Bertz CT molecular complexity index is 514. The second kappa shape index (κ2) is 4.82. The van der Waals surface area contributed by atoms with E-state index in [0.29, 0.717) is 18.1 Å². The number of hydrogen-bond donors (Lipinski definition) is 1. The fourth-order valence-electron chi connectivity index (χ4n) is 1.71. The fourth-order valence-corrected chi connectivity index (χ4v) is 1.71. The first-order valence-corrected chi connectivity index (χ1v) is 5.33. The van der Waals surface area contributed by atoms with E-state index in [1.54, 1.807) is 24.4 Å². The van der Waals surface area contributed by atoms with Crippen molar-refractivity contribution in [2.45, 2.75) is 6.54 Å². The van der Waals surface area contributed by atoms with Gasteiger partial charge in [0.2, 0.25) is 0 Å². The molecule has 1 aromatic carbocycles. The highest BCUT2D eigenvalue weighted by molar-refractivity contribution is 5.47. The van der Waals surface area contributed by atoms with Crippen molar-refractivity contribution < 1.29 is 4.39 Å². The molecule has 17 heavy (non-hydrogen) atoms. The molecule has 88 valence electrons. The lowest BCUT2D eigenvalue weighted by molar-refractivity contribution is 0.622. The Morgan fingerprint density at radius 1 is 1.29 bits per heavy atom. The summed E-state index contributed by atoms with van der Waals surface area (Å²) >= 11 is 0. The molecule has 0 atom stereocenters. The summed E-state index contributed by atoms with van der Waals surface area (Å²) in [5, 5.41) is 0. The number of halogens is 1. The first kappa shape index (κ1) is 11.4. The van der Waals surface area contributed by atoms with Crippen molar-refractivity contribution in [2.75, 3.05) is 17.7 Å². The number of aromatic nitrogens is 1. The van der Waals surface area contributed by atoms with Gasteiger partial charge in [-0.05, 0) is 29.8 Å². The van der Waals surface area contributed by atoms with Crippen molar-refractivity contribution in [1.29, 1.82) is 0 Å². The summed E-state index contributed by atoms with van der Waals surface area (Å²) in [4.78, 5) is 5.76. The SMILES string of the molecule is CN(Cc1ccnc(N)c1)c1ccccc1F. The number of para-hydroxylation sites is 1. The van der Waals surface area contributed by atoms with Crippen LogP contribution in [0.2, 0.25) is 0 Å². The lowest BCUT2D eigenvalue weighted by atomic mass is 10.2. The summed E-state index contributed by atoms with van der Waals surface area (Å²) in [6.07, 6.45) is 1.65. The van der Waals surface area contributed by atoms with Crippen LogP contribution in [-0.2, 0) is 6.54 Å². The molecule has 0 unspecified atom stereocenters. The Kier molecular flexibility index (Phi) is 3.23. The monoisotopic (exact) mass is 231 g/mol. The van der Waals surface area contributed by atoms with Crippen molar-refractivity contribution in [1.82, 2.24) is 4.98 Å². The number of rotatable bonds is 3. The van der Waals surface area contributed by atoms with Gasteiger partial charge in [0.15, 0.2) is 0 Å². The fraction of sp³-hybridized carbons (Fsp3) is 0.154. The van der Waals surface area contributed by atoms with Crippen molar-refractivity contribution in [3.8, 4) is 0 Å². The van der Waals surface area contributed by atoms with E-state index in [1.807, 2.05) is 24.1 Å². The molecule has 0 fully saturated rings. The molecule has 0 saturated carbocycles. The van der Waals surface area contributed by atoms with Gasteiger partial charge in [-0.25, -0.2) is 9.37 Å². The van der Waals surface area contributed by atoms with Crippen LogP contribution in [0.1, 0.15) is 5.56 Å². The third-order valence-corrected chi connectivity index (χ3v) is 2.53. The second-order valence-electron chi connectivity index (χ2n) is 3.90. The number of anilines is 2. The van der Waals surface area contributed by atoms with Gasteiger partial charge >= 0.3 is 0 Å². The predicted molar refractivity (Wildman–Crippen MR) is 67.2 cm³/mol. The van der Waals surface area contributed by atoms with Crippen molar-refractivity contribution in [2.24, 2.45) is 0 Å². The molecule has 2 rings (SSSR count). The molecular formula is C13H14FN3. The van der Waals surface area contributed by atoms with E-state index >= 15 is 0 Å².